The van der Waals surface area contributed by atoms with Crippen molar-refractivity contribution in [3.05, 3.63) is 0 Å². The summed E-state index contributed by atoms with van der Waals surface area (Å²) >= 11 is 0. The van der Waals surface area contributed by atoms with Crippen LogP contribution in [-0.4, -0.2) is 31.2 Å². The lowest BCUT2D eigenvalue weighted by atomic mass is 9.93. The van der Waals surface area contributed by atoms with Gasteiger partial charge in [-0.3, -0.25) is 4.79 Å². The topological polar surface area (TPSA) is 41.1 Å². The third-order valence-corrected chi connectivity index (χ3v) is 2.81. The molecule has 0 aromatic heterocycles. The molecule has 3 nitrogen and oxygen atoms in total. The van der Waals surface area contributed by atoms with Gasteiger partial charge in [0.05, 0.1) is 0 Å². The van der Waals surface area contributed by atoms with Crippen molar-refractivity contribution in [1.82, 2.24) is 10.6 Å². The Morgan fingerprint density at radius 2 is 2.19 bits per heavy atom. The number of halogens is 3. The average molecular weight is 238 g/mol. The monoisotopic (exact) mass is 238 g/mol. The Labute approximate surface area is 92.8 Å². The van der Waals surface area contributed by atoms with Crippen LogP contribution in [0, 0.1) is 5.92 Å². The lowest BCUT2D eigenvalue weighted by molar-refractivity contribution is -0.153. The molecule has 0 aromatic carbocycles. The number of rotatable bonds is 3. The lowest BCUT2D eigenvalue weighted by Gasteiger charge is -2.30. The zero-order valence-electron chi connectivity index (χ0n) is 9.23. The third kappa shape index (κ3) is 4.83. The van der Waals surface area contributed by atoms with Crippen LogP contribution in [0.5, 0.6) is 0 Å². The molecule has 2 unspecified atom stereocenters. The van der Waals surface area contributed by atoms with E-state index in [0.29, 0.717) is 5.92 Å². The molecule has 1 aliphatic heterocycles. The van der Waals surface area contributed by atoms with Crippen molar-refractivity contribution in [3.8, 4) is 0 Å². The number of carbonyl (C=O) groups is 1. The first kappa shape index (κ1) is 13.3. The number of hydrogen-bond donors (Lipinski definition) is 2. The van der Waals surface area contributed by atoms with E-state index in [1.807, 2.05) is 6.92 Å². The van der Waals surface area contributed by atoms with E-state index in [-0.39, 0.29) is 12.6 Å². The Morgan fingerprint density at radius 1 is 1.50 bits per heavy atom. The fourth-order valence-corrected chi connectivity index (χ4v) is 1.86. The molecule has 1 fully saturated rings. The predicted octanol–water partition coefficient (Wildman–Crippen LogP) is 1.44. The molecule has 0 radical (unpaired) electrons. The second kappa shape index (κ2) is 5.52. The van der Waals surface area contributed by atoms with Crippen molar-refractivity contribution in [2.45, 2.75) is 38.4 Å². The van der Waals surface area contributed by atoms with Crippen LogP contribution in [0.25, 0.3) is 0 Å². The normalized spacial score (nSPS) is 26.5. The van der Waals surface area contributed by atoms with Crippen molar-refractivity contribution >= 4 is 5.91 Å². The van der Waals surface area contributed by atoms with Crippen LogP contribution in [0.1, 0.15) is 26.2 Å². The van der Waals surface area contributed by atoms with Gasteiger partial charge in [-0.1, -0.05) is 6.92 Å². The van der Waals surface area contributed by atoms with Gasteiger partial charge in [0, 0.05) is 12.6 Å². The maximum Gasteiger partial charge on any atom is 0.397 e. The standard InChI is InChI=1S/C10H17F3N2O/c1-7-3-2-4-14-8(7)6-15-9(16)5-10(11,12)13/h7-8,14H,2-6H2,1H3,(H,15,16). The Bertz CT molecular complexity index is 243. The lowest BCUT2D eigenvalue weighted by Crippen LogP contribution is -2.48. The number of hydrogen-bond acceptors (Lipinski definition) is 2. The average Bonchev–Trinajstić information content (AvgIpc) is 2.14. The molecule has 1 amide bonds. The van der Waals surface area contributed by atoms with Gasteiger partial charge in [-0.2, -0.15) is 13.2 Å². The van der Waals surface area contributed by atoms with E-state index in [2.05, 4.69) is 10.6 Å². The van der Waals surface area contributed by atoms with Gasteiger partial charge >= 0.3 is 6.18 Å². The van der Waals surface area contributed by atoms with Crippen LogP contribution in [0.2, 0.25) is 0 Å². The van der Waals surface area contributed by atoms with Gasteiger partial charge in [0.1, 0.15) is 6.42 Å². The first-order valence-electron chi connectivity index (χ1n) is 5.45. The number of amides is 1. The third-order valence-electron chi connectivity index (χ3n) is 2.81. The molecule has 94 valence electrons. The minimum absolute atomic E-state index is 0.0888. The fraction of sp³-hybridized carbons (Fsp3) is 0.900. The fourth-order valence-electron chi connectivity index (χ4n) is 1.86. The largest absolute Gasteiger partial charge is 0.397 e. The van der Waals surface area contributed by atoms with Crippen LogP contribution in [0.15, 0.2) is 0 Å². The van der Waals surface area contributed by atoms with Crippen LogP contribution < -0.4 is 10.6 Å². The van der Waals surface area contributed by atoms with Crippen molar-refractivity contribution in [3.63, 3.8) is 0 Å². The molecular weight excluding hydrogens is 221 g/mol. The second-order valence-corrected chi connectivity index (χ2v) is 4.28. The summed E-state index contributed by atoms with van der Waals surface area (Å²) in [6.07, 6.45) is -3.69. The van der Waals surface area contributed by atoms with E-state index < -0.39 is 18.5 Å². The maximum atomic E-state index is 11.9. The summed E-state index contributed by atoms with van der Waals surface area (Å²) in [6.45, 7) is 3.17. The van der Waals surface area contributed by atoms with Crippen LogP contribution >= 0.6 is 0 Å². The van der Waals surface area contributed by atoms with Crippen LogP contribution in [0.4, 0.5) is 13.2 Å². The molecule has 2 N–H and O–H groups in total. The Kier molecular flexibility index (Phi) is 4.58. The molecular formula is C10H17F3N2O. The number of carbonyl (C=O) groups excluding carboxylic acids is 1. The van der Waals surface area contributed by atoms with Crippen molar-refractivity contribution in [2.75, 3.05) is 13.1 Å². The molecule has 16 heavy (non-hydrogen) atoms. The summed E-state index contributed by atoms with van der Waals surface area (Å²) in [5, 5.41) is 5.51. The van der Waals surface area contributed by atoms with Gasteiger partial charge in [-0.05, 0) is 25.3 Å². The summed E-state index contributed by atoms with van der Waals surface area (Å²) in [7, 11) is 0. The van der Waals surface area contributed by atoms with E-state index in [1.165, 1.54) is 0 Å². The van der Waals surface area contributed by atoms with Gasteiger partial charge in [0.25, 0.3) is 0 Å². The molecule has 0 spiro atoms. The molecule has 1 rings (SSSR count). The number of nitrogens with one attached hydrogen (secondary N) is 2. The second-order valence-electron chi connectivity index (χ2n) is 4.28. The predicted molar refractivity (Wildman–Crippen MR) is 53.9 cm³/mol. The number of piperidine rings is 1. The maximum absolute atomic E-state index is 11.9. The highest BCUT2D eigenvalue weighted by Crippen LogP contribution is 2.19. The Hall–Kier alpha value is -0.780. The van der Waals surface area contributed by atoms with E-state index >= 15 is 0 Å². The van der Waals surface area contributed by atoms with E-state index in [4.69, 9.17) is 0 Å². The van der Waals surface area contributed by atoms with E-state index in [1.54, 1.807) is 0 Å². The zero-order chi connectivity index (χ0) is 12.2. The van der Waals surface area contributed by atoms with Crippen molar-refractivity contribution in [2.24, 2.45) is 5.92 Å². The van der Waals surface area contributed by atoms with Gasteiger partial charge in [-0.25, -0.2) is 0 Å². The molecule has 0 aromatic rings. The van der Waals surface area contributed by atoms with E-state index in [0.717, 1.165) is 19.4 Å². The highest BCUT2D eigenvalue weighted by molar-refractivity contribution is 5.76. The van der Waals surface area contributed by atoms with Crippen molar-refractivity contribution < 1.29 is 18.0 Å². The molecule has 0 saturated carbocycles. The summed E-state index contributed by atoms with van der Waals surface area (Å²) in [5.74, 6) is -0.563. The molecule has 6 heteroatoms. The van der Waals surface area contributed by atoms with Gasteiger partial charge in [0.15, 0.2) is 0 Å². The number of alkyl halides is 3. The first-order chi connectivity index (χ1) is 7.38. The zero-order valence-corrected chi connectivity index (χ0v) is 9.23. The molecule has 1 saturated heterocycles. The van der Waals surface area contributed by atoms with E-state index in [9.17, 15) is 18.0 Å². The van der Waals surface area contributed by atoms with Gasteiger partial charge in [-0.15, -0.1) is 0 Å². The highest BCUT2D eigenvalue weighted by atomic mass is 19.4. The van der Waals surface area contributed by atoms with Crippen LogP contribution in [-0.2, 0) is 4.79 Å². The summed E-state index contributed by atoms with van der Waals surface area (Å²) in [4.78, 5) is 10.9. The first-order valence-corrected chi connectivity index (χ1v) is 5.45. The SMILES string of the molecule is CC1CCCNC1CNC(=O)CC(F)(F)F. The van der Waals surface area contributed by atoms with Crippen LogP contribution in [0.3, 0.4) is 0 Å². The minimum atomic E-state index is -4.42. The smallest absolute Gasteiger partial charge is 0.354 e. The summed E-state index contributed by atoms with van der Waals surface area (Å²) in [5.41, 5.74) is 0. The van der Waals surface area contributed by atoms with Gasteiger partial charge in [0.2, 0.25) is 5.91 Å². The highest BCUT2D eigenvalue weighted by Gasteiger charge is 2.31. The Morgan fingerprint density at radius 3 is 2.75 bits per heavy atom. The van der Waals surface area contributed by atoms with Gasteiger partial charge < -0.3 is 10.6 Å². The summed E-state index contributed by atoms with van der Waals surface area (Å²) < 4.78 is 35.6. The minimum Gasteiger partial charge on any atom is -0.354 e. The molecule has 2 atom stereocenters. The molecule has 1 heterocycles. The van der Waals surface area contributed by atoms with Crippen molar-refractivity contribution in [1.29, 1.82) is 0 Å². The summed E-state index contributed by atoms with van der Waals surface area (Å²) in [6, 6.07) is 0.0888. The molecule has 0 aliphatic carbocycles. The quantitative estimate of drug-likeness (QED) is 0.781. The molecule has 0 bridgehead atoms. The Balaban J connectivity index is 2.25. The molecule has 1 aliphatic rings.